The molecule has 0 saturated heterocycles. The van der Waals surface area contributed by atoms with Crippen LogP contribution in [-0.4, -0.2) is 7.11 Å². The zero-order chi connectivity index (χ0) is 11.5. The van der Waals surface area contributed by atoms with Gasteiger partial charge in [-0.25, -0.2) is 4.79 Å². The number of ether oxygens (including phenoxy) is 1. The highest BCUT2D eigenvalue weighted by Gasteiger charge is 2.09. The number of nitriles is 1. The number of hydrogen-bond donors (Lipinski definition) is 0. The highest BCUT2D eigenvalue weighted by atomic mass is 16.5. The lowest BCUT2D eigenvalue weighted by Crippen LogP contribution is -1.99. The molecular weight excluding hydrogens is 206 g/mol. The third-order valence-corrected chi connectivity index (χ3v) is 2.30. The van der Waals surface area contributed by atoms with Gasteiger partial charge in [0.1, 0.15) is 5.58 Å². The summed E-state index contributed by atoms with van der Waals surface area (Å²) in [5, 5.41) is 9.62. The van der Waals surface area contributed by atoms with E-state index in [4.69, 9.17) is 14.4 Å². The summed E-state index contributed by atoms with van der Waals surface area (Å²) in [7, 11) is 1.48. The van der Waals surface area contributed by atoms with E-state index in [-0.39, 0.29) is 5.63 Å². The quantitative estimate of drug-likeness (QED) is 0.719. The molecule has 0 amide bonds. The van der Waals surface area contributed by atoms with Gasteiger partial charge >= 0.3 is 5.63 Å². The van der Waals surface area contributed by atoms with Crippen molar-refractivity contribution in [2.24, 2.45) is 0 Å². The van der Waals surface area contributed by atoms with Gasteiger partial charge in [-0.05, 0) is 23.8 Å². The molecule has 0 fully saturated rings. The van der Waals surface area contributed by atoms with Gasteiger partial charge < -0.3 is 9.15 Å². The molecule has 1 aromatic carbocycles. The van der Waals surface area contributed by atoms with Gasteiger partial charge in [-0.15, -0.1) is 0 Å². The molecule has 80 valence electrons. The second-order valence-corrected chi connectivity index (χ2v) is 3.30. The SMILES string of the molecule is COC(C#N)c1ccc2oc(=O)ccc2c1. The van der Waals surface area contributed by atoms with Crippen LogP contribution in [0.1, 0.15) is 11.7 Å². The Morgan fingerprint density at radius 3 is 2.88 bits per heavy atom. The van der Waals surface area contributed by atoms with E-state index in [2.05, 4.69) is 0 Å². The van der Waals surface area contributed by atoms with E-state index in [1.54, 1.807) is 24.3 Å². The van der Waals surface area contributed by atoms with Crippen LogP contribution in [0.5, 0.6) is 0 Å². The molecule has 2 aromatic rings. The number of fused-ring (bicyclic) bond motifs is 1. The molecule has 1 heterocycles. The van der Waals surface area contributed by atoms with Crippen LogP contribution >= 0.6 is 0 Å². The zero-order valence-electron chi connectivity index (χ0n) is 8.64. The molecule has 0 bridgehead atoms. The van der Waals surface area contributed by atoms with Gasteiger partial charge in [0.2, 0.25) is 0 Å². The van der Waals surface area contributed by atoms with Crippen molar-refractivity contribution < 1.29 is 9.15 Å². The zero-order valence-corrected chi connectivity index (χ0v) is 8.64. The fourth-order valence-electron chi connectivity index (χ4n) is 1.52. The minimum absolute atomic E-state index is 0.385. The van der Waals surface area contributed by atoms with E-state index in [0.29, 0.717) is 5.58 Å². The summed E-state index contributed by atoms with van der Waals surface area (Å²) in [4.78, 5) is 11.0. The molecule has 1 aromatic heterocycles. The summed E-state index contributed by atoms with van der Waals surface area (Å²) >= 11 is 0. The summed E-state index contributed by atoms with van der Waals surface area (Å²) in [6, 6.07) is 10.2. The first-order valence-electron chi connectivity index (χ1n) is 4.71. The van der Waals surface area contributed by atoms with E-state index >= 15 is 0 Å². The number of benzene rings is 1. The van der Waals surface area contributed by atoms with Crippen molar-refractivity contribution >= 4 is 11.0 Å². The van der Waals surface area contributed by atoms with Crippen molar-refractivity contribution in [3.05, 3.63) is 46.3 Å². The second kappa shape index (κ2) is 4.17. The van der Waals surface area contributed by atoms with Crippen molar-refractivity contribution in [2.75, 3.05) is 7.11 Å². The second-order valence-electron chi connectivity index (χ2n) is 3.30. The normalized spacial score (nSPS) is 12.2. The summed E-state index contributed by atoms with van der Waals surface area (Å²) in [5.74, 6) is 0. The van der Waals surface area contributed by atoms with Crippen LogP contribution in [0.4, 0.5) is 0 Å². The standard InChI is InChI=1S/C12H9NO3/c1-15-11(7-13)9-2-4-10-8(6-9)3-5-12(14)16-10/h2-6,11H,1H3. The number of methoxy groups -OCH3 is 1. The molecule has 4 heteroatoms. The van der Waals surface area contributed by atoms with E-state index in [9.17, 15) is 4.79 Å². The Labute approximate surface area is 91.7 Å². The molecule has 0 aliphatic heterocycles. The van der Waals surface area contributed by atoms with Crippen LogP contribution in [0.3, 0.4) is 0 Å². The Morgan fingerprint density at radius 2 is 2.19 bits per heavy atom. The third-order valence-electron chi connectivity index (χ3n) is 2.30. The van der Waals surface area contributed by atoms with E-state index in [0.717, 1.165) is 10.9 Å². The van der Waals surface area contributed by atoms with Gasteiger partial charge in [0.05, 0.1) is 6.07 Å². The molecule has 0 aliphatic carbocycles. The fourth-order valence-corrected chi connectivity index (χ4v) is 1.52. The molecule has 1 atom stereocenters. The lowest BCUT2D eigenvalue weighted by molar-refractivity contribution is 0.148. The van der Waals surface area contributed by atoms with Gasteiger partial charge in [-0.1, -0.05) is 6.07 Å². The first-order valence-corrected chi connectivity index (χ1v) is 4.71. The third kappa shape index (κ3) is 1.81. The summed E-state index contributed by atoms with van der Waals surface area (Å²) in [6.07, 6.45) is -0.601. The molecule has 0 saturated carbocycles. The van der Waals surface area contributed by atoms with Crippen molar-refractivity contribution in [3.8, 4) is 6.07 Å². The highest BCUT2D eigenvalue weighted by molar-refractivity contribution is 5.77. The average molecular weight is 215 g/mol. The molecule has 0 aliphatic rings. The minimum Gasteiger partial charge on any atom is -0.423 e. The van der Waals surface area contributed by atoms with Crippen LogP contribution in [0.15, 0.2) is 39.5 Å². The van der Waals surface area contributed by atoms with Crippen LogP contribution in [0.2, 0.25) is 0 Å². The first-order chi connectivity index (χ1) is 7.74. The van der Waals surface area contributed by atoms with Gasteiger partial charge in [0.15, 0.2) is 6.10 Å². The van der Waals surface area contributed by atoms with Crippen LogP contribution < -0.4 is 5.63 Å². The lowest BCUT2D eigenvalue weighted by atomic mass is 10.1. The molecule has 0 radical (unpaired) electrons. The number of rotatable bonds is 2. The summed E-state index contributed by atoms with van der Waals surface area (Å²) in [6.45, 7) is 0. The van der Waals surface area contributed by atoms with Crippen molar-refractivity contribution in [1.29, 1.82) is 5.26 Å². The Balaban J connectivity index is 2.57. The highest BCUT2D eigenvalue weighted by Crippen LogP contribution is 2.20. The Hall–Kier alpha value is -2.12. The minimum atomic E-state index is -0.601. The smallest absolute Gasteiger partial charge is 0.336 e. The summed E-state index contributed by atoms with van der Waals surface area (Å²) in [5.41, 5.74) is 0.860. The molecule has 1 unspecified atom stereocenters. The maximum Gasteiger partial charge on any atom is 0.336 e. The first kappa shape index (κ1) is 10.4. The van der Waals surface area contributed by atoms with Crippen LogP contribution in [-0.2, 0) is 4.74 Å². The van der Waals surface area contributed by atoms with Crippen molar-refractivity contribution in [3.63, 3.8) is 0 Å². The topological polar surface area (TPSA) is 63.2 Å². The van der Waals surface area contributed by atoms with E-state index in [1.165, 1.54) is 13.2 Å². The molecule has 16 heavy (non-hydrogen) atoms. The van der Waals surface area contributed by atoms with Crippen LogP contribution in [0, 0.1) is 11.3 Å². The number of nitrogens with zero attached hydrogens (tertiary/aromatic N) is 1. The van der Waals surface area contributed by atoms with Crippen molar-refractivity contribution in [1.82, 2.24) is 0 Å². The van der Waals surface area contributed by atoms with E-state index < -0.39 is 6.10 Å². The maximum atomic E-state index is 11.0. The Bertz CT molecular complexity index is 609. The number of hydrogen-bond acceptors (Lipinski definition) is 4. The Morgan fingerprint density at radius 1 is 1.38 bits per heavy atom. The Kier molecular flexibility index (Phi) is 2.71. The van der Waals surface area contributed by atoms with Gasteiger partial charge in [0, 0.05) is 18.6 Å². The summed E-state index contributed by atoms with van der Waals surface area (Å²) < 4.78 is 9.99. The lowest BCUT2D eigenvalue weighted by Gasteiger charge is -2.07. The molecule has 2 rings (SSSR count). The van der Waals surface area contributed by atoms with Gasteiger partial charge in [-0.2, -0.15) is 5.26 Å². The average Bonchev–Trinajstić information content (AvgIpc) is 2.31. The van der Waals surface area contributed by atoms with Crippen molar-refractivity contribution in [2.45, 2.75) is 6.10 Å². The monoisotopic (exact) mass is 215 g/mol. The predicted octanol–water partition coefficient (Wildman–Crippen LogP) is 2.00. The molecular formula is C12H9NO3. The maximum absolute atomic E-state index is 11.0. The fraction of sp³-hybridized carbons (Fsp3) is 0.167. The van der Waals surface area contributed by atoms with E-state index in [1.807, 2.05) is 6.07 Å². The molecule has 0 N–H and O–H groups in total. The van der Waals surface area contributed by atoms with Gasteiger partial charge in [-0.3, -0.25) is 0 Å². The van der Waals surface area contributed by atoms with Gasteiger partial charge in [0.25, 0.3) is 0 Å². The predicted molar refractivity (Wildman–Crippen MR) is 57.8 cm³/mol. The largest absolute Gasteiger partial charge is 0.423 e. The molecule has 0 spiro atoms. The molecule has 4 nitrogen and oxygen atoms in total. The van der Waals surface area contributed by atoms with Crippen LogP contribution in [0.25, 0.3) is 11.0 Å².